The number of aliphatic hydroxyl groups excluding tert-OH is 1. The molecule has 15 heteroatoms. The number of H-pyrrole nitrogens is 1. The van der Waals surface area contributed by atoms with Crippen LogP contribution in [0.4, 0.5) is 0 Å². The normalized spacial score (nSPS) is 17.7. The standard InChI is InChI=1S/C53H58N4O10S/c58-47-22-20-44(45-21-23-50(60)55-52(45)47)48(59)34-54-26-8-27-57(68(63,64)43-14-5-2-6-15-43)28-9-31-65-53(62)40-18-16-37(17-19-40)36-66-42-13-7-12-41(32-42)46(38-10-3-1-4-11-38)33-51(61)67-49-35-56-29-24-39(49)25-30-56/h1-7,10-23,32,39,46,48-49,54,58-59H,8-9,24-31,33-36H2,(H,55,60)/t46-,48-,49-/m0/s1. The summed E-state index contributed by atoms with van der Waals surface area (Å²) in [5, 5.41) is 24.8. The number of rotatable bonds is 22. The predicted molar refractivity (Wildman–Crippen MR) is 258 cm³/mol. The van der Waals surface area contributed by atoms with E-state index < -0.39 is 22.1 Å². The van der Waals surface area contributed by atoms with Crippen LogP contribution in [0.5, 0.6) is 11.5 Å². The van der Waals surface area contributed by atoms with Crippen molar-refractivity contribution in [3.05, 3.63) is 172 Å². The Hall–Kier alpha value is -6.36. The van der Waals surface area contributed by atoms with E-state index in [-0.39, 0.29) is 85.4 Å². The topological polar surface area (TPSA) is 188 Å². The van der Waals surface area contributed by atoms with Crippen LogP contribution in [0.1, 0.15) is 76.7 Å². The third-order valence-electron chi connectivity index (χ3n) is 12.8. The van der Waals surface area contributed by atoms with Crippen molar-refractivity contribution in [1.82, 2.24) is 19.5 Å². The second-order valence-corrected chi connectivity index (χ2v) is 19.4. The molecule has 4 heterocycles. The lowest BCUT2D eigenvalue weighted by Gasteiger charge is -2.44. The third kappa shape index (κ3) is 12.2. The molecule has 3 saturated heterocycles. The Morgan fingerprint density at radius 2 is 1.56 bits per heavy atom. The van der Waals surface area contributed by atoms with E-state index in [0.29, 0.717) is 41.1 Å². The van der Waals surface area contributed by atoms with Gasteiger partial charge in [-0.25, -0.2) is 13.2 Å². The third-order valence-corrected chi connectivity index (χ3v) is 14.8. The van der Waals surface area contributed by atoms with Gasteiger partial charge >= 0.3 is 11.9 Å². The molecule has 0 spiro atoms. The Kier molecular flexibility index (Phi) is 16.0. The highest BCUT2D eigenvalue weighted by atomic mass is 32.2. The number of sulfonamides is 1. The van der Waals surface area contributed by atoms with Gasteiger partial charge in [0.25, 0.3) is 0 Å². The molecule has 0 saturated carbocycles. The van der Waals surface area contributed by atoms with Crippen molar-refractivity contribution in [3.8, 4) is 11.5 Å². The molecule has 0 radical (unpaired) electrons. The first-order valence-electron chi connectivity index (χ1n) is 23.3. The van der Waals surface area contributed by atoms with Gasteiger partial charge in [-0.3, -0.25) is 14.5 Å². The number of piperidine rings is 3. The number of carbonyl (C=O) groups is 2. The number of benzene rings is 5. The minimum absolute atomic E-state index is 0.00145. The highest BCUT2D eigenvalue weighted by Gasteiger charge is 2.37. The van der Waals surface area contributed by atoms with Crippen LogP contribution in [0.3, 0.4) is 0 Å². The Morgan fingerprint density at radius 1 is 0.838 bits per heavy atom. The number of pyridine rings is 1. The van der Waals surface area contributed by atoms with Crippen LogP contribution >= 0.6 is 0 Å². The first-order chi connectivity index (χ1) is 33.0. The van der Waals surface area contributed by atoms with Crippen LogP contribution in [-0.2, 0) is 30.9 Å². The molecular weight excluding hydrogens is 885 g/mol. The van der Waals surface area contributed by atoms with Gasteiger partial charge in [-0.05, 0) is 122 Å². The molecule has 9 rings (SSSR count). The number of fused-ring (bicyclic) bond motifs is 4. The molecular formula is C53H58N4O10S. The summed E-state index contributed by atoms with van der Waals surface area (Å²) in [6.45, 7) is 4.04. The van der Waals surface area contributed by atoms with Crippen LogP contribution in [0.2, 0.25) is 0 Å². The Balaban J connectivity index is 0.808. The van der Waals surface area contributed by atoms with Gasteiger partial charge in [0.2, 0.25) is 15.6 Å². The van der Waals surface area contributed by atoms with E-state index in [2.05, 4.69) is 15.2 Å². The first-order valence-corrected chi connectivity index (χ1v) is 24.7. The molecule has 0 unspecified atom stereocenters. The van der Waals surface area contributed by atoms with Gasteiger partial charge in [0, 0.05) is 43.5 Å². The van der Waals surface area contributed by atoms with Crippen molar-refractivity contribution in [3.63, 3.8) is 0 Å². The molecule has 3 aliphatic rings. The maximum absolute atomic E-state index is 13.7. The van der Waals surface area contributed by atoms with E-state index in [1.54, 1.807) is 66.7 Å². The van der Waals surface area contributed by atoms with E-state index in [0.717, 1.165) is 49.2 Å². The van der Waals surface area contributed by atoms with Crippen LogP contribution in [0.25, 0.3) is 10.9 Å². The average molecular weight is 943 g/mol. The van der Waals surface area contributed by atoms with Gasteiger partial charge in [0.1, 0.15) is 24.2 Å². The van der Waals surface area contributed by atoms with Gasteiger partial charge in [0.05, 0.1) is 35.1 Å². The van der Waals surface area contributed by atoms with Gasteiger partial charge in [-0.15, -0.1) is 0 Å². The van der Waals surface area contributed by atoms with Crippen LogP contribution in [-0.4, -0.2) is 103 Å². The fourth-order valence-corrected chi connectivity index (χ4v) is 10.7. The zero-order valence-electron chi connectivity index (χ0n) is 37.9. The monoisotopic (exact) mass is 942 g/mol. The summed E-state index contributed by atoms with van der Waals surface area (Å²) in [5.41, 5.74) is 3.55. The second-order valence-electron chi connectivity index (χ2n) is 17.5. The summed E-state index contributed by atoms with van der Waals surface area (Å²) in [6.07, 6.45) is 2.05. The van der Waals surface area contributed by atoms with Crippen molar-refractivity contribution < 1.29 is 42.4 Å². The smallest absolute Gasteiger partial charge is 0.338 e. The molecule has 3 atom stereocenters. The number of phenols is 1. The molecule has 0 aliphatic carbocycles. The van der Waals surface area contributed by atoms with Gasteiger partial charge < -0.3 is 34.7 Å². The summed E-state index contributed by atoms with van der Waals surface area (Å²) in [6, 6.07) is 38.7. The SMILES string of the molecule is O=C(C[C@@H](c1ccccc1)c1cccc(OCc2ccc(C(=O)OCCCN(CCCNC[C@H](O)c3ccc(O)c4[nH]c(=O)ccc34)S(=O)(=O)c3ccccc3)cc2)c1)O[C@H]1CN2CCC1CC2. The summed E-state index contributed by atoms with van der Waals surface area (Å²) in [4.78, 5) is 43.4. The molecule has 6 aromatic rings. The number of ether oxygens (including phenoxy) is 3. The van der Waals surface area contributed by atoms with E-state index in [9.17, 15) is 33.0 Å². The quantitative estimate of drug-likeness (QED) is 0.0407. The molecule has 0 amide bonds. The molecule has 4 N–H and O–H groups in total. The lowest BCUT2D eigenvalue weighted by Crippen LogP contribution is -2.52. The summed E-state index contributed by atoms with van der Waals surface area (Å²) < 4.78 is 46.6. The largest absolute Gasteiger partial charge is 0.506 e. The minimum Gasteiger partial charge on any atom is -0.506 e. The second kappa shape index (κ2) is 22.6. The lowest BCUT2D eigenvalue weighted by atomic mass is 9.85. The van der Waals surface area contributed by atoms with E-state index in [4.69, 9.17) is 14.2 Å². The molecule has 2 bridgehead atoms. The fourth-order valence-electron chi connectivity index (χ4n) is 9.13. The molecule has 68 heavy (non-hydrogen) atoms. The number of aromatic hydroxyl groups is 1. The summed E-state index contributed by atoms with van der Waals surface area (Å²) >= 11 is 0. The maximum atomic E-state index is 13.7. The molecule has 14 nitrogen and oxygen atoms in total. The Bertz CT molecular complexity index is 2800. The number of aromatic nitrogens is 1. The van der Waals surface area contributed by atoms with Crippen molar-refractivity contribution in [2.24, 2.45) is 5.92 Å². The van der Waals surface area contributed by atoms with Crippen molar-refractivity contribution in [2.45, 2.75) is 61.7 Å². The molecule has 1 aromatic heterocycles. The van der Waals surface area contributed by atoms with Crippen LogP contribution in [0, 0.1) is 5.92 Å². The van der Waals surface area contributed by atoms with E-state index >= 15 is 0 Å². The Morgan fingerprint density at radius 3 is 2.29 bits per heavy atom. The van der Waals surface area contributed by atoms with E-state index in [1.165, 1.54) is 16.4 Å². The van der Waals surface area contributed by atoms with Crippen molar-refractivity contribution >= 4 is 32.9 Å². The zero-order valence-corrected chi connectivity index (χ0v) is 38.7. The number of nitrogens with zero attached hydrogens (tertiary/aromatic N) is 2. The zero-order chi connectivity index (χ0) is 47.5. The van der Waals surface area contributed by atoms with Crippen molar-refractivity contribution in [1.29, 1.82) is 0 Å². The maximum Gasteiger partial charge on any atom is 0.338 e. The summed E-state index contributed by atoms with van der Waals surface area (Å²) in [5.74, 6) is 0.0523. The van der Waals surface area contributed by atoms with Gasteiger partial charge in [-0.1, -0.05) is 78.9 Å². The average Bonchev–Trinajstić information content (AvgIpc) is 3.36. The molecule has 5 aromatic carbocycles. The fraction of sp³-hybridized carbons (Fsp3) is 0.340. The molecule has 356 valence electrons. The van der Waals surface area contributed by atoms with Crippen LogP contribution < -0.4 is 15.6 Å². The number of hydrogen-bond acceptors (Lipinski definition) is 12. The van der Waals surface area contributed by atoms with Crippen molar-refractivity contribution in [2.75, 3.05) is 52.4 Å². The molecule has 3 aliphatic heterocycles. The van der Waals surface area contributed by atoms with E-state index in [1.807, 2.05) is 54.6 Å². The first kappa shape index (κ1) is 48.1. The number of aromatic amines is 1. The Labute approximate surface area is 396 Å². The number of hydrogen-bond donors (Lipinski definition) is 4. The summed E-state index contributed by atoms with van der Waals surface area (Å²) in [7, 11) is -3.86. The van der Waals surface area contributed by atoms with Gasteiger partial charge in [-0.2, -0.15) is 4.31 Å². The lowest BCUT2D eigenvalue weighted by molar-refractivity contribution is -0.159. The number of esters is 2. The minimum atomic E-state index is -3.86. The van der Waals surface area contributed by atoms with Gasteiger partial charge in [0.15, 0.2) is 0 Å². The number of phenolic OH excluding ortho intramolecular Hbond substituents is 1. The number of nitrogens with one attached hydrogen (secondary N) is 2. The number of aliphatic hydroxyl groups is 1. The predicted octanol–water partition coefficient (Wildman–Crippen LogP) is 6.92. The van der Waals surface area contributed by atoms with Crippen LogP contribution in [0.15, 0.2) is 143 Å². The highest BCUT2D eigenvalue weighted by molar-refractivity contribution is 7.89. The highest BCUT2D eigenvalue weighted by Crippen LogP contribution is 2.34. The number of carbonyl (C=O) groups excluding carboxylic acids is 2. The molecule has 3 fully saturated rings.